The first kappa shape index (κ1) is 30.8. The molecule has 0 aliphatic carbocycles. The highest BCUT2D eigenvalue weighted by Crippen LogP contribution is 2.49. The van der Waals surface area contributed by atoms with Gasteiger partial charge in [-0.25, -0.2) is 33.6 Å². The van der Waals surface area contributed by atoms with Crippen LogP contribution in [0, 0.1) is 0 Å². The number of ether oxygens (including phenoxy) is 7. The van der Waals surface area contributed by atoms with Crippen molar-refractivity contribution in [2.75, 3.05) is 6.61 Å². The predicted octanol–water partition coefficient (Wildman–Crippen LogP) is 0.397. The molecule has 0 aromatic carbocycles. The highest BCUT2D eigenvalue weighted by Gasteiger charge is 2.85. The lowest BCUT2D eigenvalue weighted by Crippen LogP contribution is -2.77. The second-order valence-electron chi connectivity index (χ2n) is 6.62. The molecule has 202 valence electrons. The van der Waals surface area contributed by atoms with E-state index in [4.69, 9.17) is 33.2 Å². The monoisotopic (exact) mass is 534 g/mol. The SMILES string of the molecule is C=CC(=O)OC1(OC(=O)C=C)CCOC(=O)C(OC(=O)C=C)(OC(=O)C=C)C1(OC(=O)C=C)OC(=O)C=C. The van der Waals surface area contributed by atoms with Gasteiger partial charge in [-0.05, 0) is 0 Å². The molecule has 14 heteroatoms. The second-order valence-corrected chi connectivity index (χ2v) is 6.62. The zero-order valence-electron chi connectivity index (χ0n) is 19.8. The Balaban J connectivity index is 4.53. The standard InChI is InChI=1S/C24H22O14/c1-7-15(25)33-22(34-16(26)8-2)13-14-32-21(31)23(35-17(27)9-3,36-18(28)10-4)24(22,37-19(29)11-5)38-20(30)12-6/h7-12H,1-6,13-14H2. The van der Waals surface area contributed by atoms with E-state index in [2.05, 4.69) is 39.5 Å². The summed E-state index contributed by atoms with van der Waals surface area (Å²) in [6.45, 7) is 18.1. The van der Waals surface area contributed by atoms with Crippen molar-refractivity contribution < 1.29 is 66.7 Å². The maximum Gasteiger partial charge on any atom is 0.445 e. The predicted molar refractivity (Wildman–Crippen MR) is 122 cm³/mol. The van der Waals surface area contributed by atoms with Gasteiger partial charge in [0.1, 0.15) is 0 Å². The molecule has 0 aromatic heterocycles. The molecule has 1 fully saturated rings. The van der Waals surface area contributed by atoms with Crippen molar-refractivity contribution >= 4 is 41.8 Å². The molecule has 0 bridgehead atoms. The Morgan fingerprint density at radius 3 is 1.24 bits per heavy atom. The van der Waals surface area contributed by atoms with Gasteiger partial charge in [0.25, 0.3) is 0 Å². The van der Waals surface area contributed by atoms with Crippen molar-refractivity contribution in [1.29, 1.82) is 0 Å². The molecule has 0 saturated carbocycles. The molecule has 1 aliphatic heterocycles. The van der Waals surface area contributed by atoms with Gasteiger partial charge in [0, 0.05) is 36.5 Å². The summed E-state index contributed by atoms with van der Waals surface area (Å²) >= 11 is 0. The lowest BCUT2D eigenvalue weighted by Gasteiger charge is -2.48. The van der Waals surface area contributed by atoms with E-state index >= 15 is 0 Å². The fourth-order valence-electron chi connectivity index (χ4n) is 2.87. The fourth-order valence-corrected chi connectivity index (χ4v) is 2.87. The summed E-state index contributed by atoms with van der Waals surface area (Å²) in [4.78, 5) is 88.4. The molecule has 0 amide bonds. The summed E-state index contributed by atoms with van der Waals surface area (Å²) in [6, 6.07) is 0. The highest BCUT2D eigenvalue weighted by molar-refractivity contribution is 5.94. The van der Waals surface area contributed by atoms with Crippen LogP contribution in [-0.2, 0) is 66.7 Å². The first-order valence-electron chi connectivity index (χ1n) is 10.2. The van der Waals surface area contributed by atoms with E-state index in [1.165, 1.54) is 0 Å². The van der Waals surface area contributed by atoms with E-state index < -0.39 is 72.2 Å². The average Bonchev–Trinajstić information content (AvgIpc) is 2.97. The van der Waals surface area contributed by atoms with Crippen molar-refractivity contribution in [2.45, 2.75) is 23.8 Å². The zero-order chi connectivity index (χ0) is 29.1. The van der Waals surface area contributed by atoms with Gasteiger partial charge >= 0.3 is 59.1 Å². The van der Waals surface area contributed by atoms with E-state index in [9.17, 15) is 33.6 Å². The summed E-state index contributed by atoms with van der Waals surface area (Å²) in [5, 5.41) is 0. The number of cyclic esters (lactones) is 1. The number of carbonyl (C=O) groups is 7. The Morgan fingerprint density at radius 2 is 0.895 bits per heavy atom. The minimum absolute atomic E-state index is 0.449. The molecule has 0 aromatic rings. The van der Waals surface area contributed by atoms with Crippen LogP contribution in [0.4, 0.5) is 0 Å². The Hall–Kier alpha value is -5.27. The van der Waals surface area contributed by atoms with Gasteiger partial charge in [-0.1, -0.05) is 39.5 Å². The number of esters is 7. The third-order valence-corrected chi connectivity index (χ3v) is 4.38. The topological polar surface area (TPSA) is 184 Å². The summed E-state index contributed by atoms with van der Waals surface area (Å²) in [6.07, 6.45) is 1.86. The fraction of sp³-hybridized carbons (Fsp3) is 0.208. The summed E-state index contributed by atoms with van der Waals surface area (Å²) in [5.41, 5.74) is 0. The van der Waals surface area contributed by atoms with Crippen molar-refractivity contribution in [3.63, 3.8) is 0 Å². The van der Waals surface area contributed by atoms with Crippen LogP contribution in [-0.4, -0.2) is 65.8 Å². The van der Waals surface area contributed by atoms with E-state index in [1.807, 2.05) is 0 Å². The normalized spacial score (nSPS) is 16.3. The van der Waals surface area contributed by atoms with Gasteiger partial charge in [0.15, 0.2) is 0 Å². The number of carbonyl (C=O) groups excluding carboxylic acids is 7. The van der Waals surface area contributed by atoms with Crippen LogP contribution in [0.15, 0.2) is 75.9 Å². The van der Waals surface area contributed by atoms with Crippen molar-refractivity contribution in [1.82, 2.24) is 0 Å². The molecule has 1 rings (SSSR count). The van der Waals surface area contributed by atoms with Gasteiger partial charge in [-0.2, -0.15) is 0 Å². The molecule has 0 unspecified atom stereocenters. The van der Waals surface area contributed by atoms with Crippen LogP contribution < -0.4 is 0 Å². The summed E-state index contributed by atoms with van der Waals surface area (Å²) in [7, 11) is 0. The molecular formula is C24H22O14. The van der Waals surface area contributed by atoms with Crippen molar-refractivity contribution in [2.24, 2.45) is 0 Å². The first-order valence-corrected chi connectivity index (χ1v) is 10.2. The maximum atomic E-state index is 13.4. The Morgan fingerprint density at radius 1 is 0.579 bits per heavy atom. The molecule has 0 atom stereocenters. The van der Waals surface area contributed by atoms with Crippen LogP contribution in [0.2, 0.25) is 0 Å². The molecule has 1 saturated heterocycles. The molecular weight excluding hydrogens is 512 g/mol. The van der Waals surface area contributed by atoms with E-state index in [-0.39, 0.29) is 0 Å². The van der Waals surface area contributed by atoms with Gasteiger partial charge in [-0.3, -0.25) is 0 Å². The maximum absolute atomic E-state index is 13.4. The van der Waals surface area contributed by atoms with Gasteiger partial charge in [0.05, 0.1) is 13.0 Å². The van der Waals surface area contributed by atoms with Crippen LogP contribution in [0.1, 0.15) is 6.42 Å². The van der Waals surface area contributed by atoms with Crippen LogP contribution in [0.5, 0.6) is 0 Å². The quantitative estimate of drug-likeness (QED) is 0.145. The molecule has 1 aliphatic rings. The van der Waals surface area contributed by atoms with Crippen molar-refractivity contribution in [3.8, 4) is 0 Å². The van der Waals surface area contributed by atoms with Crippen LogP contribution in [0.25, 0.3) is 0 Å². The van der Waals surface area contributed by atoms with E-state index in [0.717, 1.165) is 0 Å². The van der Waals surface area contributed by atoms with Crippen LogP contribution >= 0.6 is 0 Å². The lowest BCUT2D eigenvalue weighted by atomic mass is 9.92. The number of hydrogen-bond acceptors (Lipinski definition) is 14. The molecule has 0 N–H and O–H groups in total. The summed E-state index contributed by atoms with van der Waals surface area (Å²) in [5.74, 6) is -22.1. The minimum Gasteiger partial charge on any atom is -0.459 e. The second kappa shape index (κ2) is 12.6. The number of rotatable bonds is 12. The Labute approximate surface area is 215 Å². The largest absolute Gasteiger partial charge is 0.459 e. The molecule has 0 radical (unpaired) electrons. The van der Waals surface area contributed by atoms with Gasteiger partial charge in [-0.15, -0.1) is 0 Å². The molecule has 38 heavy (non-hydrogen) atoms. The first-order chi connectivity index (χ1) is 17.9. The van der Waals surface area contributed by atoms with Gasteiger partial charge < -0.3 is 33.2 Å². The third-order valence-electron chi connectivity index (χ3n) is 4.38. The smallest absolute Gasteiger partial charge is 0.445 e. The van der Waals surface area contributed by atoms with Crippen molar-refractivity contribution in [3.05, 3.63) is 75.9 Å². The minimum atomic E-state index is -3.86. The van der Waals surface area contributed by atoms with Gasteiger partial charge in [0.2, 0.25) is 0 Å². The zero-order valence-corrected chi connectivity index (χ0v) is 19.8. The van der Waals surface area contributed by atoms with E-state index in [0.29, 0.717) is 36.5 Å². The Bertz CT molecular complexity index is 1050. The Kier molecular flexibility index (Phi) is 10.2. The molecule has 0 spiro atoms. The molecule has 1 heterocycles. The third kappa shape index (κ3) is 5.92. The van der Waals surface area contributed by atoms with E-state index in [1.54, 1.807) is 0 Å². The number of hydrogen-bond donors (Lipinski definition) is 0. The average molecular weight is 534 g/mol. The summed E-state index contributed by atoms with van der Waals surface area (Å²) < 4.78 is 35.7. The van der Waals surface area contributed by atoms with Crippen LogP contribution in [0.3, 0.4) is 0 Å². The molecule has 14 nitrogen and oxygen atoms in total. The lowest BCUT2D eigenvalue weighted by molar-refractivity contribution is -0.429. The highest BCUT2D eigenvalue weighted by atomic mass is 16.9.